The van der Waals surface area contributed by atoms with Crippen molar-refractivity contribution in [2.75, 3.05) is 5.75 Å². The Labute approximate surface area is 50.1 Å². The van der Waals surface area contributed by atoms with Crippen molar-refractivity contribution in [2.45, 2.75) is 18.9 Å². The molecule has 43 valence electrons. The minimum atomic E-state index is -0.396. The fraction of sp³-hybridized carbons (Fsp3) is 0.800. The maximum atomic E-state index is 8.54. The van der Waals surface area contributed by atoms with Crippen LogP contribution in [0.25, 0.3) is 0 Å². The number of rotatable bonds is 3. The first-order chi connectivity index (χ1) is 3.27. The molecule has 1 nitrogen and oxygen atoms in total. The molecule has 0 aliphatic heterocycles. The van der Waals surface area contributed by atoms with Gasteiger partial charge >= 0.3 is 0 Å². The zero-order valence-electron chi connectivity index (χ0n) is 4.30. The summed E-state index contributed by atoms with van der Waals surface area (Å²) in [5.74, 6) is 0.840. The molecule has 0 amide bonds. The van der Waals surface area contributed by atoms with Gasteiger partial charge in [0, 0.05) is 0 Å². The Morgan fingerprint density at radius 3 is 2.43 bits per heavy atom. The maximum Gasteiger partial charge on any atom is 0.0541 e. The topological polar surface area (TPSA) is 20.2 Å². The third-order valence-corrected chi connectivity index (χ3v) is 1.01. The second-order valence-electron chi connectivity index (χ2n) is 1.52. The van der Waals surface area contributed by atoms with Crippen LogP contribution in [0.15, 0.2) is 0 Å². The van der Waals surface area contributed by atoms with E-state index in [1.165, 1.54) is 0 Å². The van der Waals surface area contributed by atoms with E-state index in [4.69, 9.17) is 5.11 Å². The molecule has 1 unspecified atom stereocenters. The average Bonchev–Trinajstić information content (AvgIpc) is 1.61. The van der Waals surface area contributed by atoms with E-state index in [0.29, 0.717) is 0 Å². The largest absolute Gasteiger partial charge is 0.393 e. The number of aliphatic hydroxyl groups excluding tert-OH is 1. The van der Waals surface area contributed by atoms with Gasteiger partial charge in [0.2, 0.25) is 0 Å². The highest BCUT2D eigenvalue weighted by Crippen LogP contribution is 1.94. The van der Waals surface area contributed by atoms with Crippen molar-refractivity contribution in [2.24, 2.45) is 0 Å². The SMILES string of the molecule is [CH2]C(O)CCCS. The van der Waals surface area contributed by atoms with Gasteiger partial charge in [-0.15, -0.1) is 0 Å². The minimum Gasteiger partial charge on any atom is -0.393 e. The third kappa shape index (κ3) is 6.31. The quantitative estimate of drug-likeness (QED) is 0.529. The van der Waals surface area contributed by atoms with Crippen molar-refractivity contribution in [1.82, 2.24) is 0 Å². The Hall–Kier alpha value is 0.310. The molecule has 1 atom stereocenters. The molecule has 1 radical (unpaired) electrons. The summed E-state index contributed by atoms with van der Waals surface area (Å²) in [6, 6.07) is 0. The summed E-state index contributed by atoms with van der Waals surface area (Å²) in [4.78, 5) is 0. The molecule has 0 aromatic heterocycles. The van der Waals surface area contributed by atoms with Gasteiger partial charge in [0.15, 0.2) is 0 Å². The first-order valence-corrected chi connectivity index (χ1v) is 3.02. The van der Waals surface area contributed by atoms with Gasteiger partial charge in [0.1, 0.15) is 0 Å². The normalized spacial score (nSPS) is 14.1. The van der Waals surface area contributed by atoms with Crippen molar-refractivity contribution in [3.8, 4) is 0 Å². The Morgan fingerprint density at radius 2 is 2.29 bits per heavy atom. The maximum absolute atomic E-state index is 8.54. The standard InChI is InChI=1S/C5H11OS/c1-5(6)3-2-4-7/h5-7H,1-4H2. The van der Waals surface area contributed by atoms with Crippen LogP contribution in [-0.4, -0.2) is 17.0 Å². The van der Waals surface area contributed by atoms with E-state index in [1.807, 2.05) is 0 Å². The third-order valence-electron chi connectivity index (χ3n) is 0.695. The van der Waals surface area contributed by atoms with Crippen molar-refractivity contribution in [3.63, 3.8) is 0 Å². The molecule has 1 N–H and O–H groups in total. The molecule has 0 fully saturated rings. The zero-order chi connectivity index (χ0) is 5.70. The predicted molar refractivity (Wildman–Crippen MR) is 34.5 cm³/mol. The fourth-order valence-electron chi connectivity index (χ4n) is 0.327. The lowest BCUT2D eigenvalue weighted by Crippen LogP contribution is -1.98. The second kappa shape index (κ2) is 4.47. The lowest BCUT2D eigenvalue weighted by molar-refractivity contribution is 0.209. The zero-order valence-corrected chi connectivity index (χ0v) is 5.19. The van der Waals surface area contributed by atoms with E-state index in [1.54, 1.807) is 0 Å². The van der Waals surface area contributed by atoms with Crippen molar-refractivity contribution in [3.05, 3.63) is 6.92 Å². The van der Waals surface area contributed by atoms with Crippen molar-refractivity contribution >= 4 is 12.6 Å². The molecular weight excluding hydrogens is 108 g/mol. The highest BCUT2D eigenvalue weighted by atomic mass is 32.1. The van der Waals surface area contributed by atoms with Crippen LogP contribution in [-0.2, 0) is 0 Å². The summed E-state index contributed by atoms with van der Waals surface area (Å²) < 4.78 is 0. The van der Waals surface area contributed by atoms with E-state index in [2.05, 4.69) is 19.6 Å². The molecule has 0 saturated carbocycles. The summed E-state index contributed by atoms with van der Waals surface area (Å²) in [5.41, 5.74) is 0. The van der Waals surface area contributed by atoms with E-state index >= 15 is 0 Å². The Bertz CT molecular complexity index is 37.1. The van der Waals surface area contributed by atoms with Gasteiger partial charge in [-0.05, 0) is 25.5 Å². The fourth-order valence-corrected chi connectivity index (χ4v) is 0.509. The molecule has 0 aliphatic rings. The summed E-state index contributed by atoms with van der Waals surface area (Å²) in [6.45, 7) is 3.40. The summed E-state index contributed by atoms with van der Waals surface area (Å²) in [5, 5.41) is 8.54. The molecule has 2 heteroatoms. The molecule has 0 aliphatic carbocycles. The molecular formula is C5H11OS. The smallest absolute Gasteiger partial charge is 0.0541 e. The van der Waals surface area contributed by atoms with Gasteiger partial charge in [-0.2, -0.15) is 12.6 Å². The number of thiol groups is 1. The Kier molecular flexibility index (Phi) is 4.67. The van der Waals surface area contributed by atoms with E-state index in [0.717, 1.165) is 18.6 Å². The van der Waals surface area contributed by atoms with E-state index in [-0.39, 0.29) is 0 Å². The first kappa shape index (κ1) is 7.31. The number of aliphatic hydroxyl groups is 1. The molecule has 0 aromatic carbocycles. The highest BCUT2D eigenvalue weighted by molar-refractivity contribution is 7.80. The molecule has 0 spiro atoms. The summed E-state index contributed by atoms with van der Waals surface area (Å²) in [7, 11) is 0. The van der Waals surface area contributed by atoms with Crippen LogP contribution < -0.4 is 0 Å². The van der Waals surface area contributed by atoms with Crippen LogP contribution in [0, 0.1) is 6.92 Å². The van der Waals surface area contributed by atoms with Gasteiger partial charge in [-0.25, -0.2) is 0 Å². The van der Waals surface area contributed by atoms with Crippen LogP contribution in [0.3, 0.4) is 0 Å². The van der Waals surface area contributed by atoms with Crippen LogP contribution in [0.1, 0.15) is 12.8 Å². The molecule has 0 aromatic rings. The molecule has 7 heavy (non-hydrogen) atoms. The van der Waals surface area contributed by atoms with Crippen molar-refractivity contribution < 1.29 is 5.11 Å². The Morgan fingerprint density at radius 1 is 1.71 bits per heavy atom. The van der Waals surface area contributed by atoms with Gasteiger partial charge in [-0.3, -0.25) is 0 Å². The molecule has 0 rings (SSSR count). The monoisotopic (exact) mass is 119 g/mol. The average molecular weight is 119 g/mol. The minimum absolute atomic E-state index is 0.396. The van der Waals surface area contributed by atoms with Crippen LogP contribution in [0.4, 0.5) is 0 Å². The van der Waals surface area contributed by atoms with Crippen LogP contribution >= 0.6 is 12.6 Å². The van der Waals surface area contributed by atoms with Gasteiger partial charge in [0.05, 0.1) is 6.10 Å². The molecule has 0 saturated heterocycles. The van der Waals surface area contributed by atoms with Crippen LogP contribution in [0.5, 0.6) is 0 Å². The van der Waals surface area contributed by atoms with Gasteiger partial charge in [0.25, 0.3) is 0 Å². The highest BCUT2D eigenvalue weighted by Gasteiger charge is 1.90. The van der Waals surface area contributed by atoms with Gasteiger partial charge < -0.3 is 5.11 Å². The lowest BCUT2D eigenvalue weighted by atomic mass is 10.2. The molecule has 0 heterocycles. The first-order valence-electron chi connectivity index (χ1n) is 2.39. The summed E-state index contributed by atoms with van der Waals surface area (Å²) >= 11 is 3.96. The van der Waals surface area contributed by atoms with E-state index < -0.39 is 6.10 Å². The van der Waals surface area contributed by atoms with E-state index in [9.17, 15) is 0 Å². The van der Waals surface area contributed by atoms with Crippen LogP contribution in [0.2, 0.25) is 0 Å². The molecule has 0 bridgehead atoms. The number of hydrogen-bond donors (Lipinski definition) is 2. The predicted octanol–water partition coefficient (Wildman–Crippen LogP) is 0.891. The van der Waals surface area contributed by atoms with Gasteiger partial charge in [-0.1, -0.05) is 0 Å². The Balaban J connectivity index is 2.68. The number of hydrogen-bond acceptors (Lipinski definition) is 2. The van der Waals surface area contributed by atoms with Crippen molar-refractivity contribution in [1.29, 1.82) is 0 Å². The summed E-state index contributed by atoms with van der Waals surface area (Å²) in [6.07, 6.45) is 1.32. The lowest BCUT2D eigenvalue weighted by Gasteiger charge is -1.97. The second-order valence-corrected chi connectivity index (χ2v) is 1.97.